The third-order valence-corrected chi connectivity index (χ3v) is 3.10. The quantitative estimate of drug-likeness (QED) is 0.667. The lowest BCUT2D eigenvalue weighted by Gasteiger charge is -2.05. The highest BCUT2D eigenvalue weighted by Gasteiger charge is 2.19. The Morgan fingerprint density at radius 3 is 2.71 bits per heavy atom. The summed E-state index contributed by atoms with van der Waals surface area (Å²) in [5.41, 5.74) is 0.226. The number of halogens is 3. The minimum Gasteiger partial charge on any atom is -0.206 e. The Hall–Kier alpha value is -1.03. The molecule has 0 fully saturated rings. The fourth-order valence-electron chi connectivity index (χ4n) is 1.49. The van der Waals surface area contributed by atoms with Crippen LogP contribution in [-0.2, 0) is 0 Å². The summed E-state index contributed by atoms with van der Waals surface area (Å²) in [7, 11) is 0. The minimum atomic E-state index is -2.75. The lowest BCUT2D eigenvalue weighted by molar-refractivity contribution is 0.148. The van der Waals surface area contributed by atoms with Crippen molar-refractivity contribution < 1.29 is 13.2 Å². The van der Waals surface area contributed by atoms with Gasteiger partial charge in [0.1, 0.15) is 5.82 Å². The molecule has 0 saturated heterocycles. The SMILES string of the molecule is Cc1cc(F)c(C(F)F)c2sccc12. The molecular formula is C10H7F3S. The topological polar surface area (TPSA) is 0 Å². The van der Waals surface area contributed by atoms with Gasteiger partial charge >= 0.3 is 0 Å². The van der Waals surface area contributed by atoms with E-state index in [0.29, 0.717) is 15.6 Å². The van der Waals surface area contributed by atoms with Crippen LogP contribution in [0.15, 0.2) is 17.5 Å². The van der Waals surface area contributed by atoms with Gasteiger partial charge < -0.3 is 0 Å². The van der Waals surface area contributed by atoms with Gasteiger partial charge in [0.05, 0.1) is 5.56 Å². The number of benzene rings is 1. The summed E-state index contributed by atoms with van der Waals surface area (Å²) < 4.78 is 38.7. The average molecular weight is 216 g/mol. The van der Waals surface area contributed by atoms with Crippen molar-refractivity contribution in [3.8, 4) is 0 Å². The number of hydrogen-bond donors (Lipinski definition) is 0. The van der Waals surface area contributed by atoms with Gasteiger partial charge in [-0.1, -0.05) is 0 Å². The largest absolute Gasteiger partial charge is 0.268 e. The summed E-state index contributed by atoms with van der Waals surface area (Å²) in [6, 6.07) is 2.90. The molecule has 0 unspecified atom stereocenters. The lowest BCUT2D eigenvalue weighted by atomic mass is 10.1. The number of rotatable bonds is 1. The molecule has 0 aliphatic heterocycles. The monoisotopic (exact) mass is 216 g/mol. The Labute approximate surface area is 83.0 Å². The molecular weight excluding hydrogens is 209 g/mol. The summed E-state index contributed by atoms with van der Waals surface area (Å²) in [5, 5.41) is 2.41. The van der Waals surface area contributed by atoms with Gasteiger partial charge in [-0.15, -0.1) is 11.3 Å². The second-order valence-corrected chi connectivity index (χ2v) is 3.97. The molecule has 0 radical (unpaired) electrons. The van der Waals surface area contributed by atoms with E-state index in [4.69, 9.17) is 0 Å². The molecule has 0 nitrogen and oxygen atoms in total. The highest BCUT2D eigenvalue weighted by Crippen LogP contribution is 2.35. The van der Waals surface area contributed by atoms with Gasteiger partial charge in [-0.2, -0.15) is 0 Å². The molecule has 0 atom stereocenters. The molecule has 0 spiro atoms. The van der Waals surface area contributed by atoms with Crippen molar-refractivity contribution in [3.05, 3.63) is 34.5 Å². The molecule has 0 bridgehead atoms. The molecule has 0 N–H and O–H groups in total. The standard InChI is InChI=1S/C10H7F3S/c1-5-4-7(11)8(10(12)13)9-6(5)2-3-14-9/h2-4,10H,1H3. The molecule has 0 saturated carbocycles. The van der Waals surface area contributed by atoms with Gasteiger partial charge in [0.15, 0.2) is 0 Å². The maximum atomic E-state index is 13.2. The normalized spacial score (nSPS) is 11.5. The zero-order chi connectivity index (χ0) is 10.3. The molecule has 1 aromatic heterocycles. The van der Waals surface area contributed by atoms with Gasteiger partial charge in [-0.05, 0) is 35.4 Å². The summed E-state index contributed by atoms with van der Waals surface area (Å²) >= 11 is 1.15. The summed E-state index contributed by atoms with van der Waals surface area (Å²) in [6.07, 6.45) is -2.75. The Kier molecular flexibility index (Phi) is 2.23. The fourth-order valence-corrected chi connectivity index (χ4v) is 2.50. The van der Waals surface area contributed by atoms with Gasteiger partial charge in [0.25, 0.3) is 6.43 Å². The van der Waals surface area contributed by atoms with Crippen molar-refractivity contribution in [1.82, 2.24) is 0 Å². The Balaban J connectivity index is 2.86. The number of hydrogen-bond acceptors (Lipinski definition) is 1. The van der Waals surface area contributed by atoms with Crippen molar-refractivity contribution in [1.29, 1.82) is 0 Å². The van der Waals surface area contributed by atoms with Crippen molar-refractivity contribution in [3.63, 3.8) is 0 Å². The molecule has 4 heteroatoms. The molecule has 1 aromatic carbocycles. The van der Waals surface area contributed by atoms with Gasteiger partial charge in [-0.3, -0.25) is 0 Å². The predicted molar refractivity (Wildman–Crippen MR) is 51.5 cm³/mol. The molecule has 14 heavy (non-hydrogen) atoms. The summed E-state index contributed by atoms with van der Waals surface area (Å²) in [5.74, 6) is -0.813. The predicted octanol–water partition coefficient (Wildman–Crippen LogP) is 4.29. The summed E-state index contributed by atoms with van der Waals surface area (Å²) in [6.45, 7) is 1.72. The van der Waals surface area contributed by atoms with Crippen LogP contribution < -0.4 is 0 Å². The Morgan fingerprint density at radius 2 is 2.07 bits per heavy atom. The van der Waals surface area contributed by atoms with Crippen LogP contribution in [0.25, 0.3) is 10.1 Å². The zero-order valence-electron chi connectivity index (χ0n) is 7.35. The number of alkyl halides is 2. The third kappa shape index (κ3) is 1.30. The molecule has 2 aromatic rings. The maximum Gasteiger partial charge on any atom is 0.268 e. The first kappa shape index (κ1) is 9.52. The van der Waals surface area contributed by atoms with E-state index in [1.807, 2.05) is 0 Å². The van der Waals surface area contributed by atoms with Crippen LogP contribution in [0.2, 0.25) is 0 Å². The number of thiophene rings is 1. The molecule has 0 amide bonds. The summed E-state index contributed by atoms with van der Waals surface area (Å²) in [4.78, 5) is 0. The average Bonchev–Trinajstić information content (AvgIpc) is 2.51. The van der Waals surface area contributed by atoms with Crippen LogP contribution in [-0.4, -0.2) is 0 Å². The number of aryl methyl sites for hydroxylation is 1. The molecule has 74 valence electrons. The van der Waals surface area contributed by atoms with Crippen LogP contribution in [0.1, 0.15) is 17.6 Å². The first-order chi connectivity index (χ1) is 6.61. The van der Waals surface area contributed by atoms with Crippen LogP contribution >= 0.6 is 11.3 Å². The van der Waals surface area contributed by atoms with Gasteiger partial charge in [-0.25, -0.2) is 13.2 Å². The van der Waals surface area contributed by atoms with E-state index < -0.39 is 17.8 Å². The van der Waals surface area contributed by atoms with Crippen LogP contribution in [0.4, 0.5) is 13.2 Å². The smallest absolute Gasteiger partial charge is 0.206 e. The molecule has 0 aliphatic carbocycles. The Morgan fingerprint density at radius 1 is 1.36 bits per heavy atom. The van der Waals surface area contributed by atoms with Crippen molar-refractivity contribution in [2.75, 3.05) is 0 Å². The lowest BCUT2D eigenvalue weighted by Crippen LogP contribution is -1.92. The van der Waals surface area contributed by atoms with Crippen molar-refractivity contribution in [2.24, 2.45) is 0 Å². The molecule has 2 rings (SSSR count). The zero-order valence-corrected chi connectivity index (χ0v) is 8.17. The minimum absolute atomic E-state index is 0.359. The van der Waals surface area contributed by atoms with Crippen molar-refractivity contribution in [2.45, 2.75) is 13.3 Å². The maximum absolute atomic E-state index is 13.2. The second kappa shape index (κ2) is 3.28. The van der Waals surface area contributed by atoms with E-state index in [2.05, 4.69) is 0 Å². The van der Waals surface area contributed by atoms with Crippen LogP contribution in [0.3, 0.4) is 0 Å². The highest BCUT2D eigenvalue weighted by atomic mass is 32.1. The van der Waals surface area contributed by atoms with E-state index >= 15 is 0 Å². The van der Waals surface area contributed by atoms with E-state index in [9.17, 15) is 13.2 Å². The van der Waals surface area contributed by atoms with E-state index in [1.165, 1.54) is 0 Å². The van der Waals surface area contributed by atoms with Gasteiger partial charge in [0.2, 0.25) is 0 Å². The molecule has 1 heterocycles. The molecule has 0 aliphatic rings. The first-order valence-electron chi connectivity index (χ1n) is 4.05. The Bertz CT molecular complexity index is 473. The van der Waals surface area contributed by atoms with E-state index in [1.54, 1.807) is 18.4 Å². The van der Waals surface area contributed by atoms with Crippen LogP contribution in [0, 0.1) is 12.7 Å². The fraction of sp³-hybridized carbons (Fsp3) is 0.200. The second-order valence-electron chi connectivity index (χ2n) is 3.05. The highest BCUT2D eigenvalue weighted by molar-refractivity contribution is 7.17. The first-order valence-corrected chi connectivity index (χ1v) is 4.93. The van der Waals surface area contributed by atoms with Crippen LogP contribution in [0.5, 0.6) is 0 Å². The van der Waals surface area contributed by atoms with E-state index in [0.717, 1.165) is 17.4 Å². The van der Waals surface area contributed by atoms with E-state index in [-0.39, 0.29) is 0 Å². The number of fused-ring (bicyclic) bond motifs is 1. The third-order valence-electron chi connectivity index (χ3n) is 2.15. The van der Waals surface area contributed by atoms with Crippen molar-refractivity contribution >= 4 is 21.4 Å². The van der Waals surface area contributed by atoms with Gasteiger partial charge in [0, 0.05) is 4.70 Å².